The highest BCUT2D eigenvalue weighted by atomic mass is 32.1. The summed E-state index contributed by atoms with van der Waals surface area (Å²) in [5.74, 6) is -0.685. The molecule has 0 atom stereocenters. The predicted molar refractivity (Wildman–Crippen MR) is 125 cm³/mol. The summed E-state index contributed by atoms with van der Waals surface area (Å²) in [6.45, 7) is -1.10. The van der Waals surface area contributed by atoms with Crippen LogP contribution in [0.1, 0.15) is 32.1 Å². The lowest BCUT2D eigenvalue weighted by Crippen LogP contribution is -2.44. The van der Waals surface area contributed by atoms with Gasteiger partial charge in [0.05, 0.1) is 19.3 Å². The van der Waals surface area contributed by atoms with Gasteiger partial charge >= 0.3 is 23.9 Å². The molecule has 0 radical (unpaired) electrons. The number of thiol groups is 4. The van der Waals surface area contributed by atoms with Crippen LogP contribution in [0.4, 0.5) is 0 Å². The van der Waals surface area contributed by atoms with Crippen molar-refractivity contribution in [1.29, 1.82) is 0 Å². The van der Waals surface area contributed by atoms with Crippen molar-refractivity contribution in [3.8, 4) is 0 Å². The second-order valence-corrected chi connectivity index (χ2v) is 8.18. The summed E-state index contributed by atoms with van der Waals surface area (Å²) < 4.78 is 21.0. The molecule has 0 N–H and O–H groups in total. The van der Waals surface area contributed by atoms with Crippen molar-refractivity contribution >= 4 is 74.4 Å². The first-order valence-corrected chi connectivity index (χ1v) is 11.9. The number of rotatable bonds is 17. The van der Waals surface area contributed by atoms with Crippen molar-refractivity contribution in [2.75, 3.05) is 49.4 Å². The third-order valence-corrected chi connectivity index (χ3v) is 4.63. The fourth-order valence-electron chi connectivity index (χ4n) is 1.97. The SMILES string of the molecule is O=C(CCS)OCC(COC(=O)CCS)(COC(=O)CCS)COC(=O)CCCS. The molecule has 0 aliphatic heterocycles. The largest absolute Gasteiger partial charge is 0.465 e. The summed E-state index contributed by atoms with van der Waals surface area (Å²) in [6.07, 6.45) is 0.886. The van der Waals surface area contributed by atoms with Crippen molar-refractivity contribution < 1.29 is 38.1 Å². The highest BCUT2D eigenvalue weighted by molar-refractivity contribution is 7.80. The molecule has 0 saturated heterocycles. The van der Waals surface area contributed by atoms with Gasteiger partial charge in [-0.1, -0.05) is 0 Å². The molecule has 0 aromatic carbocycles. The van der Waals surface area contributed by atoms with Crippen LogP contribution in [-0.4, -0.2) is 73.3 Å². The van der Waals surface area contributed by atoms with Crippen LogP contribution in [0.25, 0.3) is 0 Å². The minimum Gasteiger partial charge on any atom is -0.465 e. The maximum atomic E-state index is 12.0. The smallest absolute Gasteiger partial charge is 0.306 e. The van der Waals surface area contributed by atoms with Crippen LogP contribution in [0.2, 0.25) is 0 Å². The number of hydrogen-bond donors (Lipinski definition) is 4. The molecule has 8 nitrogen and oxygen atoms in total. The summed E-state index contributed by atoms with van der Waals surface area (Å²) in [4.78, 5) is 47.4. The van der Waals surface area contributed by atoms with Crippen LogP contribution >= 0.6 is 50.5 Å². The van der Waals surface area contributed by atoms with Crippen molar-refractivity contribution in [3.05, 3.63) is 0 Å². The Morgan fingerprint density at radius 1 is 0.500 bits per heavy atom. The van der Waals surface area contributed by atoms with E-state index in [0.29, 0.717) is 29.4 Å². The molecule has 0 heterocycles. The normalized spacial score (nSPS) is 10.9. The summed E-state index contributed by atoms with van der Waals surface area (Å²) in [6, 6.07) is 0. The maximum Gasteiger partial charge on any atom is 0.306 e. The Bertz CT molecular complexity index is 489. The number of carbonyl (C=O) groups is 4. The number of ether oxygens (including phenoxy) is 4. The average Bonchev–Trinajstić information content (AvgIpc) is 2.72. The molecule has 0 bridgehead atoms. The van der Waals surface area contributed by atoms with Gasteiger partial charge in [0, 0.05) is 23.7 Å². The van der Waals surface area contributed by atoms with E-state index in [9.17, 15) is 19.2 Å². The average molecular weight is 503 g/mol. The molecule has 174 valence electrons. The fraction of sp³-hybridized carbons (Fsp3) is 0.778. The fourth-order valence-corrected chi connectivity index (χ4v) is 2.68. The Morgan fingerprint density at radius 3 is 1.07 bits per heavy atom. The second-order valence-electron chi connectivity index (χ2n) is 6.39. The van der Waals surface area contributed by atoms with Gasteiger partial charge in [0.2, 0.25) is 0 Å². The molecular weight excluding hydrogens is 472 g/mol. The first-order chi connectivity index (χ1) is 14.3. The predicted octanol–water partition coefficient (Wildman–Crippen LogP) is 1.82. The number of hydrogen-bond acceptors (Lipinski definition) is 12. The van der Waals surface area contributed by atoms with E-state index >= 15 is 0 Å². The highest BCUT2D eigenvalue weighted by Gasteiger charge is 2.37. The molecule has 30 heavy (non-hydrogen) atoms. The number of esters is 4. The van der Waals surface area contributed by atoms with Gasteiger partial charge < -0.3 is 18.9 Å². The molecule has 0 aliphatic rings. The third kappa shape index (κ3) is 14.3. The van der Waals surface area contributed by atoms with Crippen molar-refractivity contribution in [3.63, 3.8) is 0 Å². The molecule has 0 aromatic heterocycles. The third-order valence-electron chi connectivity index (χ3n) is 3.64. The lowest BCUT2D eigenvalue weighted by Gasteiger charge is -2.31. The van der Waals surface area contributed by atoms with E-state index < -0.39 is 29.3 Å². The van der Waals surface area contributed by atoms with Gasteiger partial charge in [-0.15, -0.1) is 0 Å². The van der Waals surface area contributed by atoms with E-state index in [1.165, 1.54) is 0 Å². The molecule has 0 aliphatic carbocycles. The van der Waals surface area contributed by atoms with E-state index in [4.69, 9.17) is 18.9 Å². The van der Waals surface area contributed by atoms with Crippen LogP contribution in [0.15, 0.2) is 0 Å². The van der Waals surface area contributed by atoms with Crippen LogP contribution in [-0.2, 0) is 38.1 Å². The molecular formula is C18H30O8S4. The molecule has 0 saturated carbocycles. The maximum absolute atomic E-state index is 12.0. The first kappa shape index (κ1) is 29.3. The van der Waals surface area contributed by atoms with E-state index in [2.05, 4.69) is 50.5 Å². The summed E-state index contributed by atoms with van der Waals surface area (Å²) in [7, 11) is 0. The van der Waals surface area contributed by atoms with Crippen LogP contribution < -0.4 is 0 Å². The Balaban J connectivity index is 5.36. The first-order valence-electron chi connectivity index (χ1n) is 9.38. The van der Waals surface area contributed by atoms with E-state index in [-0.39, 0.29) is 52.1 Å². The van der Waals surface area contributed by atoms with Gasteiger partial charge in [-0.05, 0) is 12.2 Å². The van der Waals surface area contributed by atoms with Crippen molar-refractivity contribution in [2.24, 2.45) is 5.41 Å². The molecule has 0 spiro atoms. The zero-order chi connectivity index (χ0) is 22.8. The topological polar surface area (TPSA) is 105 Å². The van der Waals surface area contributed by atoms with Crippen LogP contribution in [0, 0.1) is 5.41 Å². The van der Waals surface area contributed by atoms with E-state index in [1.807, 2.05) is 0 Å². The Kier molecular flexibility index (Phi) is 17.5. The van der Waals surface area contributed by atoms with Crippen LogP contribution in [0.5, 0.6) is 0 Å². The lowest BCUT2D eigenvalue weighted by molar-refractivity contribution is -0.170. The second kappa shape index (κ2) is 17.9. The summed E-state index contributed by atoms with van der Waals surface area (Å²) in [5.41, 5.74) is -1.25. The van der Waals surface area contributed by atoms with Gasteiger partial charge in [0.25, 0.3) is 0 Å². The molecule has 12 heteroatoms. The van der Waals surface area contributed by atoms with Crippen molar-refractivity contribution in [2.45, 2.75) is 32.1 Å². The zero-order valence-corrected chi connectivity index (χ0v) is 20.3. The zero-order valence-electron chi connectivity index (χ0n) is 16.7. The Labute approximate surface area is 199 Å². The monoisotopic (exact) mass is 502 g/mol. The quantitative estimate of drug-likeness (QED) is 0.136. The van der Waals surface area contributed by atoms with Gasteiger partial charge in [0.1, 0.15) is 31.8 Å². The molecule has 0 unspecified atom stereocenters. The molecule has 0 amide bonds. The minimum absolute atomic E-state index is 0.0693. The van der Waals surface area contributed by atoms with E-state index in [1.54, 1.807) is 0 Å². The van der Waals surface area contributed by atoms with Gasteiger partial charge in [-0.2, -0.15) is 50.5 Å². The Morgan fingerprint density at radius 2 is 0.800 bits per heavy atom. The standard InChI is InChI=1S/C18H30O8S4/c19-14(2-1-6-27)23-10-18(11-24-15(20)3-7-28,12-25-16(21)4-8-29)13-26-17(22)5-9-30/h27-30H,1-13H2. The van der Waals surface area contributed by atoms with Crippen LogP contribution in [0.3, 0.4) is 0 Å². The minimum atomic E-state index is -1.25. The summed E-state index contributed by atoms with van der Waals surface area (Å²) >= 11 is 16.0. The van der Waals surface area contributed by atoms with Gasteiger partial charge in [-0.3, -0.25) is 19.2 Å². The Hall–Kier alpha value is -0.720. The number of carbonyl (C=O) groups excluding carboxylic acids is 4. The van der Waals surface area contributed by atoms with Crippen molar-refractivity contribution in [1.82, 2.24) is 0 Å². The summed E-state index contributed by atoms with van der Waals surface area (Å²) in [5, 5.41) is 0. The highest BCUT2D eigenvalue weighted by Crippen LogP contribution is 2.22. The van der Waals surface area contributed by atoms with Gasteiger partial charge in [-0.25, -0.2) is 0 Å². The molecule has 0 aromatic rings. The lowest BCUT2D eigenvalue weighted by atomic mass is 9.92. The van der Waals surface area contributed by atoms with E-state index in [0.717, 1.165) is 0 Å². The molecule has 0 fully saturated rings. The van der Waals surface area contributed by atoms with Gasteiger partial charge in [0.15, 0.2) is 0 Å². The molecule has 0 rings (SSSR count).